The van der Waals surface area contributed by atoms with Crippen LogP contribution in [-0.2, 0) is 11.8 Å². The predicted molar refractivity (Wildman–Crippen MR) is 82.4 cm³/mol. The zero-order chi connectivity index (χ0) is 16.3. The van der Waals surface area contributed by atoms with Gasteiger partial charge in [-0.25, -0.2) is 4.39 Å². The molecule has 1 aromatic heterocycles. The van der Waals surface area contributed by atoms with Crippen LogP contribution in [0.15, 0.2) is 28.8 Å². The van der Waals surface area contributed by atoms with Gasteiger partial charge in [0.2, 0.25) is 0 Å². The first-order valence-electron chi connectivity index (χ1n) is 7.28. The summed E-state index contributed by atoms with van der Waals surface area (Å²) in [7, 11) is 0. The monoisotopic (exact) mass is 304 g/mol. The van der Waals surface area contributed by atoms with Crippen molar-refractivity contribution < 1.29 is 13.7 Å². The average molecular weight is 304 g/mol. The molecule has 2 aromatic rings. The molecule has 5 heteroatoms. The molecule has 2 rings (SSSR count). The topological polar surface area (TPSA) is 55.1 Å². The maximum absolute atomic E-state index is 12.8. The number of rotatable bonds is 4. The number of carbonyl (C=O) groups is 1. The smallest absolute Gasteiger partial charge is 0.256 e. The Morgan fingerprint density at radius 3 is 2.50 bits per heavy atom. The molecule has 0 saturated carbocycles. The number of aryl methyl sites for hydroxylation is 1. The first-order chi connectivity index (χ1) is 10.3. The highest BCUT2D eigenvalue weighted by atomic mass is 19.1. The minimum absolute atomic E-state index is 0.189. The number of aromatic nitrogens is 1. The van der Waals surface area contributed by atoms with Crippen LogP contribution in [0.25, 0.3) is 0 Å². The van der Waals surface area contributed by atoms with Gasteiger partial charge in [-0.2, -0.15) is 0 Å². The summed E-state index contributed by atoms with van der Waals surface area (Å²) >= 11 is 0. The van der Waals surface area contributed by atoms with Crippen LogP contribution in [0, 0.1) is 12.7 Å². The molecule has 0 atom stereocenters. The van der Waals surface area contributed by atoms with Crippen molar-refractivity contribution in [2.45, 2.75) is 39.5 Å². The molecule has 0 aliphatic rings. The lowest BCUT2D eigenvalue weighted by molar-refractivity contribution is 0.0950. The maximum atomic E-state index is 12.8. The van der Waals surface area contributed by atoms with Crippen LogP contribution in [0.2, 0.25) is 0 Å². The van der Waals surface area contributed by atoms with E-state index in [1.165, 1.54) is 12.1 Å². The van der Waals surface area contributed by atoms with Crippen LogP contribution in [0.3, 0.4) is 0 Å². The second kappa shape index (κ2) is 6.30. The summed E-state index contributed by atoms with van der Waals surface area (Å²) in [5.74, 6) is 0.0673. The molecule has 0 aliphatic heterocycles. The molecule has 0 aliphatic carbocycles. The highest BCUT2D eigenvalue weighted by molar-refractivity contribution is 5.96. The van der Waals surface area contributed by atoms with E-state index in [0.717, 1.165) is 5.56 Å². The Kier molecular flexibility index (Phi) is 4.64. The zero-order valence-electron chi connectivity index (χ0n) is 13.4. The summed E-state index contributed by atoms with van der Waals surface area (Å²) in [5, 5.41) is 6.88. The quantitative estimate of drug-likeness (QED) is 0.942. The fourth-order valence-electron chi connectivity index (χ4n) is 2.21. The summed E-state index contributed by atoms with van der Waals surface area (Å²) in [4.78, 5) is 12.4. The second-order valence-electron chi connectivity index (χ2n) is 6.34. The Hall–Kier alpha value is -2.17. The molecule has 0 fully saturated rings. The van der Waals surface area contributed by atoms with E-state index in [-0.39, 0.29) is 17.1 Å². The molecule has 0 unspecified atom stereocenters. The van der Waals surface area contributed by atoms with E-state index in [9.17, 15) is 9.18 Å². The number of hydrogen-bond donors (Lipinski definition) is 1. The van der Waals surface area contributed by atoms with Crippen molar-refractivity contribution in [2.24, 2.45) is 0 Å². The van der Waals surface area contributed by atoms with Gasteiger partial charge in [-0.1, -0.05) is 38.1 Å². The molecule has 1 amide bonds. The van der Waals surface area contributed by atoms with Gasteiger partial charge in [0.25, 0.3) is 5.91 Å². The minimum Gasteiger partial charge on any atom is -0.361 e. The van der Waals surface area contributed by atoms with Crippen LogP contribution in [0.5, 0.6) is 0 Å². The summed E-state index contributed by atoms with van der Waals surface area (Å²) < 4.78 is 18.0. The summed E-state index contributed by atoms with van der Waals surface area (Å²) in [6, 6.07) is 6.26. The normalized spacial score (nSPS) is 11.5. The van der Waals surface area contributed by atoms with Crippen molar-refractivity contribution >= 4 is 5.91 Å². The van der Waals surface area contributed by atoms with E-state index in [1.54, 1.807) is 19.1 Å². The first-order valence-corrected chi connectivity index (χ1v) is 7.28. The molecule has 1 heterocycles. The second-order valence-corrected chi connectivity index (χ2v) is 6.34. The molecule has 118 valence electrons. The Bertz CT molecular complexity index is 654. The van der Waals surface area contributed by atoms with Gasteiger partial charge in [-0.15, -0.1) is 0 Å². The van der Waals surface area contributed by atoms with E-state index in [4.69, 9.17) is 4.52 Å². The standard InChI is InChI=1S/C17H21FN2O2/c1-11-14(15(20-22-11)17(2,3)4)16(21)19-10-9-12-5-7-13(18)8-6-12/h5-8H,9-10H2,1-4H3,(H,19,21). The number of benzene rings is 1. The number of amides is 1. The number of nitrogens with zero attached hydrogens (tertiary/aromatic N) is 1. The third kappa shape index (κ3) is 3.72. The van der Waals surface area contributed by atoms with Gasteiger partial charge < -0.3 is 9.84 Å². The van der Waals surface area contributed by atoms with Gasteiger partial charge in [-0.05, 0) is 31.0 Å². The lowest BCUT2D eigenvalue weighted by atomic mass is 9.88. The Labute approximate surface area is 129 Å². The van der Waals surface area contributed by atoms with Crippen LogP contribution >= 0.6 is 0 Å². The number of nitrogens with one attached hydrogen (secondary N) is 1. The molecule has 0 saturated heterocycles. The largest absolute Gasteiger partial charge is 0.361 e. The fourth-order valence-corrected chi connectivity index (χ4v) is 2.21. The molecule has 0 bridgehead atoms. The zero-order valence-corrected chi connectivity index (χ0v) is 13.4. The van der Waals surface area contributed by atoms with Gasteiger partial charge in [0.15, 0.2) is 0 Å². The van der Waals surface area contributed by atoms with Crippen molar-refractivity contribution in [3.8, 4) is 0 Å². The number of carbonyl (C=O) groups excluding carboxylic acids is 1. The first kappa shape index (κ1) is 16.2. The lowest BCUT2D eigenvalue weighted by Gasteiger charge is -2.16. The summed E-state index contributed by atoms with van der Waals surface area (Å²) in [6.07, 6.45) is 0.640. The van der Waals surface area contributed by atoms with Crippen molar-refractivity contribution in [1.82, 2.24) is 10.5 Å². The van der Waals surface area contributed by atoms with Gasteiger partial charge in [-0.3, -0.25) is 4.79 Å². The molecule has 22 heavy (non-hydrogen) atoms. The Morgan fingerprint density at radius 1 is 1.27 bits per heavy atom. The summed E-state index contributed by atoms with van der Waals surface area (Å²) in [6.45, 7) is 8.16. The maximum Gasteiger partial charge on any atom is 0.256 e. The third-order valence-corrected chi connectivity index (χ3v) is 3.41. The molecule has 1 N–H and O–H groups in total. The van der Waals surface area contributed by atoms with E-state index in [2.05, 4.69) is 10.5 Å². The van der Waals surface area contributed by atoms with E-state index in [0.29, 0.717) is 30.0 Å². The molecule has 0 spiro atoms. The Morgan fingerprint density at radius 2 is 1.91 bits per heavy atom. The lowest BCUT2D eigenvalue weighted by Crippen LogP contribution is -2.29. The van der Waals surface area contributed by atoms with Gasteiger partial charge >= 0.3 is 0 Å². The highest BCUT2D eigenvalue weighted by Crippen LogP contribution is 2.26. The number of halogens is 1. The van der Waals surface area contributed by atoms with Gasteiger partial charge in [0, 0.05) is 12.0 Å². The molecular weight excluding hydrogens is 283 g/mol. The van der Waals surface area contributed by atoms with Crippen LogP contribution in [-0.4, -0.2) is 17.6 Å². The van der Waals surface area contributed by atoms with E-state index >= 15 is 0 Å². The van der Waals surface area contributed by atoms with E-state index < -0.39 is 0 Å². The highest BCUT2D eigenvalue weighted by Gasteiger charge is 2.28. The molecular formula is C17H21FN2O2. The molecule has 1 aromatic carbocycles. The SMILES string of the molecule is Cc1onc(C(C)(C)C)c1C(=O)NCCc1ccc(F)cc1. The molecule has 4 nitrogen and oxygen atoms in total. The fraction of sp³-hybridized carbons (Fsp3) is 0.412. The van der Waals surface area contributed by atoms with Crippen molar-refractivity contribution in [3.63, 3.8) is 0 Å². The van der Waals surface area contributed by atoms with Gasteiger partial charge in [0.1, 0.15) is 22.8 Å². The molecule has 0 radical (unpaired) electrons. The summed E-state index contributed by atoms with van der Waals surface area (Å²) in [5.41, 5.74) is 1.87. The van der Waals surface area contributed by atoms with Crippen LogP contribution in [0.4, 0.5) is 4.39 Å². The number of hydrogen-bond acceptors (Lipinski definition) is 3. The third-order valence-electron chi connectivity index (χ3n) is 3.41. The Balaban J connectivity index is 2.01. The van der Waals surface area contributed by atoms with Crippen molar-refractivity contribution in [1.29, 1.82) is 0 Å². The van der Waals surface area contributed by atoms with Crippen molar-refractivity contribution in [2.75, 3.05) is 6.54 Å². The van der Waals surface area contributed by atoms with E-state index in [1.807, 2.05) is 20.8 Å². The predicted octanol–water partition coefficient (Wildman–Crippen LogP) is 3.39. The van der Waals surface area contributed by atoms with Gasteiger partial charge in [0.05, 0.1) is 0 Å². The average Bonchev–Trinajstić information content (AvgIpc) is 2.83. The van der Waals surface area contributed by atoms with Crippen LogP contribution < -0.4 is 5.32 Å². The van der Waals surface area contributed by atoms with Crippen molar-refractivity contribution in [3.05, 3.63) is 52.7 Å². The van der Waals surface area contributed by atoms with Crippen LogP contribution in [0.1, 0.15) is 48.1 Å². The minimum atomic E-state index is -0.263.